The Balaban J connectivity index is 3.38. The van der Waals surface area contributed by atoms with E-state index >= 15 is 0 Å². The SMILES string of the molecule is CCOC=C(C(C)=O)C(=O)c1ccc(C#N)cc1[N+](=O)[O-]. The molecular formula is C14H12N2O5. The van der Waals surface area contributed by atoms with Crippen molar-refractivity contribution in [1.82, 2.24) is 0 Å². The Morgan fingerprint density at radius 1 is 1.48 bits per heavy atom. The maximum Gasteiger partial charge on any atom is 0.281 e. The molecule has 0 fully saturated rings. The zero-order chi connectivity index (χ0) is 16.0. The molecule has 7 heteroatoms. The largest absolute Gasteiger partial charge is 0.501 e. The van der Waals surface area contributed by atoms with Crippen LogP contribution in [0.1, 0.15) is 29.8 Å². The molecule has 0 N–H and O–H groups in total. The van der Waals surface area contributed by atoms with E-state index in [-0.39, 0.29) is 23.3 Å². The first kappa shape index (κ1) is 16.0. The summed E-state index contributed by atoms with van der Waals surface area (Å²) in [6.45, 7) is 3.08. The summed E-state index contributed by atoms with van der Waals surface area (Å²) >= 11 is 0. The van der Waals surface area contributed by atoms with Crippen LogP contribution in [-0.2, 0) is 9.53 Å². The lowest BCUT2D eigenvalue weighted by molar-refractivity contribution is -0.385. The topological polar surface area (TPSA) is 110 Å². The average Bonchev–Trinajstić information content (AvgIpc) is 2.46. The number of nitro benzene ring substituents is 1. The molecule has 0 amide bonds. The Morgan fingerprint density at radius 3 is 2.62 bits per heavy atom. The molecule has 0 saturated carbocycles. The van der Waals surface area contributed by atoms with Gasteiger partial charge in [0.05, 0.1) is 35.0 Å². The van der Waals surface area contributed by atoms with Gasteiger partial charge in [0.15, 0.2) is 5.78 Å². The highest BCUT2D eigenvalue weighted by molar-refractivity contribution is 6.26. The Labute approximate surface area is 120 Å². The van der Waals surface area contributed by atoms with Crippen molar-refractivity contribution >= 4 is 17.3 Å². The lowest BCUT2D eigenvalue weighted by atomic mass is 9.99. The molecule has 0 aliphatic heterocycles. The maximum absolute atomic E-state index is 12.3. The summed E-state index contributed by atoms with van der Waals surface area (Å²) in [6, 6.07) is 5.18. The van der Waals surface area contributed by atoms with Gasteiger partial charge in [0.2, 0.25) is 5.78 Å². The van der Waals surface area contributed by atoms with Crippen LogP contribution >= 0.6 is 0 Å². The van der Waals surface area contributed by atoms with Gasteiger partial charge in [-0.3, -0.25) is 19.7 Å². The van der Waals surface area contributed by atoms with Crippen LogP contribution in [0.2, 0.25) is 0 Å². The van der Waals surface area contributed by atoms with Gasteiger partial charge >= 0.3 is 0 Å². The second kappa shape index (κ2) is 6.96. The number of ether oxygens (including phenoxy) is 1. The molecule has 0 spiro atoms. The minimum atomic E-state index is -0.813. The normalized spacial score (nSPS) is 10.6. The van der Waals surface area contributed by atoms with Gasteiger partial charge in [-0.05, 0) is 26.0 Å². The lowest BCUT2D eigenvalue weighted by Crippen LogP contribution is -2.13. The number of nitriles is 1. The molecule has 1 aromatic rings. The van der Waals surface area contributed by atoms with Gasteiger partial charge in [-0.25, -0.2) is 0 Å². The summed E-state index contributed by atoms with van der Waals surface area (Å²) in [7, 11) is 0. The third-order valence-corrected chi connectivity index (χ3v) is 2.56. The van der Waals surface area contributed by atoms with Gasteiger partial charge in [0.25, 0.3) is 5.69 Å². The van der Waals surface area contributed by atoms with Crippen LogP contribution in [0.5, 0.6) is 0 Å². The van der Waals surface area contributed by atoms with E-state index in [2.05, 4.69) is 0 Å². The number of Topliss-reactive ketones (excluding diaryl/α,β-unsaturated/α-hetero) is 2. The highest BCUT2D eigenvalue weighted by atomic mass is 16.6. The Hall–Kier alpha value is -3.01. The molecule has 0 saturated heterocycles. The third kappa shape index (κ3) is 3.73. The zero-order valence-corrected chi connectivity index (χ0v) is 11.5. The molecule has 0 bridgehead atoms. The molecule has 21 heavy (non-hydrogen) atoms. The second-order valence-corrected chi connectivity index (χ2v) is 3.97. The fraction of sp³-hybridized carbons (Fsp3) is 0.214. The standard InChI is InChI=1S/C14H12N2O5/c1-3-21-8-12(9(2)17)14(18)11-5-4-10(7-15)6-13(11)16(19)20/h4-6,8H,3H2,1-2H3. The van der Waals surface area contributed by atoms with Crippen LogP contribution in [-0.4, -0.2) is 23.1 Å². The highest BCUT2D eigenvalue weighted by Crippen LogP contribution is 2.23. The Bertz CT molecular complexity index is 670. The lowest BCUT2D eigenvalue weighted by Gasteiger charge is -2.05. The number of hydrogen-bond donors (Lipinski definition) is 0. The van der Waals surface area contributed by atoms with E-state index in [1.165, 1.54) is 6.07 Å². The smallest absolute Gasteiger partial charge is 0.281 e. The van der Waals surface area contributed by atoms with Gasteiger partial charge in [0.1, 0.15) is 5.56 Å². The number of hydrogen-bond acceptors (Lipinski definition) is 6. The van der Waals surface area contributed by atoms with Crippen molar-refractivity contribution in [2.24, 2.45) is 0 Å². The van der Waals surface area contributed by atoms with Crippen molar-refractivity contribution in [2.75, 3.05) is 6.61 Å². The number of rotatable bonds is 6. The number of carbonyl (C=O) groups is 2. The van der Waals surface area contributed by atoms with Crippen molar-refractivity contribution in [1.29, 1.82) is 5.26 Å². The van der Waals surface area contributed by atoms with E-state index in [0.717, 1.165) is 25.3 Å². The molecular weight excluding hydrogens is 276 g/mol. The molecule has 1 aromatic carbocycles. The number of benzene rings is 1. The van der Waals surface area contributed by atoms with Crippen molar-refractivity contribution in [2.45, 2.75) is 13.8 Å². The molecule has 0 aromatic heterocycles. The Morgan fingerprint density at radius 2 is 2.14 bits per heavy atom. The monoisotopic (exact) mass is 288 g/mol. The van der Waals surface area contributed by atoms with Crippen LogP contribution in [0.15, 0.2) is 30.0 Å². The molecule has 7 nitrogen and oxygen atoms in total. The average molecular weight is 288 g/mol. The van der Waals surface area contributed by atoms with Crippen molar-refractivity contribution in [3.63, 3.8) is 0 Å². The fourth-order valence-corrected chi connectivity index (χ4v) is 1.55. The molecule has 0 aliphatic carbocycles. The van der Waals surface area contributed by atoms with Crippen molar-refractivity contribution in [3.8, 4) is 6.07 Å². The summed E-state index contributed by atoms with van der Waals surface area (Å²) in [5.41, 5.74) is -1.02. The van der Waals surface area contributed by atoms with Crippen LogP contribution in [0.4, 0.5) is 5.69 Å². The van der Waals surface area contributed by atoms with E-state index in [1.54, 1.807) is 13.0 Å². The summed E-state index contributed by atoms with van der Waals surface area (Å²) in [6.07, 6.45) is 0.993. The van der Waals surface area contributed by atoms with Gasteiger partial charge in [-0.2, -0.15) is 5.26 Å². The molecule has 0 aliphatic rings. The number of allylic oxidation sites excluding steroid dienone is 1. The van der Waals surface area contributed by atoms with Crippen LogP contribution < -0.4 is 0 Å². The van der Waals surface area contributed by atoms with E-state index in [4.69, 9.17) is 10.00 Å². The first-order chi connectivity index (χ1) is 9.92. The van der Waals surface area contributed by atoms with Crippen LogP contribution in [0.3, 0.4) is 0 Å². The fourth-order valence-electron chi connectivity index (χ4n) is 1.55. The predicted molar refractivity (Wildman–Crippen MR) is 72.5 cm³/mol. The van der Waals surface area contributed by atoms with E-state index < -0.39 is 22.2 Å². The second-order valence-electron chi connectivity index (χ2n) is 3.97. The van der Waals surface area contributed by atoms with Crippen LogP contribution in [0.25, 0.3) is 0 Å². The third-order valence-electron chi connectivity index (χ3n) is 2.56. The predicted octanol–water partition coefficient (Wildman–Crippen LogP) is 2.16. The van der Waals surface area contributed by atoms with Crippen molar-refractivity contribution in [3.05, 3.63) is 51.3 Å². The number of nitro groups is 1. The Kier molecular flexibility index (Phi) is 5.31. The molecule has 0 radical (unpaired) electrons. The van der Waals surface area contributed by atoms with Crippen LogP contribution in [0, 0.1) is 21.4 Å². The highest BCUT2D eigenvalue weighted by Gasteiger charge is 2.25. The van der Waals surface area contributed by atoms with Gasteiger partial charge in [-0.1, -0.05) is 0 Å². The van der Waals surface area contributed by atoms with E-state index in [0.29, 0.717) is 0 Å². The van der Waals surface area contributed by atoms with E-state index in [1.807, 2.05) is 0 Å². The molecule has 1 rings (SSSR count). The molecule has 0 heterocycles. The van der Waals surface area contributed by atoms with Crippen molar-refractivity contribution < 1.29 is 19.2 Å². The minimum Gasteiger partial charge on any atom is -0.501 e. The number of nitrogens with zero attached hydrogens (tertiary/aromatic N) is 2. The minimum absolute atomic E-state index is 0.0522. The molecule has 0 atom stereocenters. The van der Waals surface area contributed by atoms with Gasteiger partial charge in [-0.15, -0.1) is 0 Å². The first-order valence-electron chi connectivity index (χ1n) is 5.98. The molecule has 108 valence electrons. The number of ketones is 2. The van der Waals surface area contributed by atoms with Gasteiger partial charge in [0, 0.05) is 6.07 Å². The summed E-state index contributed by atoms with van der Waals surface area (Å²) in [5, 5.41) is 19.8. The van der Waals surface area contributed by atoms with E-state index in [9.17, 15) is 19.7 Å². The summed E-state index contributed by atoms with van der Waals surface area (Å²) < 4.78 is 4.92. The quantitative estimate of drug-likeness (QED) is 0.151. The van der Waals surface area contributed by atoms with Gasteiger partial charge < -0.3 is 4.74 Å². The summed E-state index contributed by atoms with van der Waals surface area (Å²) in [4.78, 5) is 34.0. The summed E-state index contributed by atoms with van der Waals surface area (Å²) in [5.74, 6) is -1.38. The zero-order valence-electron chi connectivity index (χ0n) is 11.5. The molecule has 0 unspecified atom stereocenters. The number of carbonyl (C=O) groups excluding carboxylic acids is 2. The first-order valence-corrected chi connectivity index (χ1v) is 5.98. The maximum atomic E-state index is 12.3.